The smallest absolute Gasteiger partial charge is 0.373 e. The summed E-state index contributed by atoms with van der Waals surface area (Å²) < 4.78 is 10.9. The molecule has 0 radical (unpaired) electrons. The fourth-order valence-electron chi connectivity index (χ4n) is 3.78. The van der Waals surface area contributed by atoms with E-state index in [4.69, 9.17) is 9.47 Å². The van der Waals surface area contributed by atoms with Gasteiger partial charge in [0.2, 0.25) is 5.82 Å². The Morgan fingerprint density at radius 3 is 2.81 bits per heavy atom. The van der Waals surface area contributed by atoms with Crippen molar-refractivity contribution in [3.05, 3.63) is 58.9 Å². The summed E-state index contributed by atoms with van der Waals surface area (Å²) in [6, 6.07) is 13.2. The third-order valence-electron chi connectivity index (χ3n) is 5.23. The normalized spacial score (nSPS) is 16.2. The quantitative estimate of drug-likeness (QED) is 0.332. The second kappa shape index (κ2) is 8.95. The van der Waals surface area contributed by atoms with Gasteiger partial charge in [0.05, 0.1) is 17.4 Å². The lowest BCUT2D eigenvalue weighted by Gasteiger charge is -2.31. The van der Waals surface area contributed by atoms with Crippen LogP contribution in [-0.2, 0) is 9.53 Å². The van der Waals surface area contributed by atoms with Gasteiger partial charge in [0.25, 0.3) is 0 Å². The van der Waals surface area contributed by atoms with E-state index in [1.165, 1.54) is 6.33 Å². The number of esters is 1. The lowest BCUT2D eigenvalue weighted by atomic mass is 9.98. The van der Waals surface area contributed by atoms with Crippen molar-refractivity contribution in [1.82, 2.24) is 9.97 Å². The molecule has 0 bridgehead atoms. The second-order valence-electron chi connectivity index (χ2n) is 7.26. The molecule has 1 aromatic heterocycles. The van der Waals surface area contributed by atoms with Gasteiger partial charge in [-0.3, -0.25) is 14.9 Å². The summed E-state index contributed by atoms with van der Waals surface area (Å²) in [6.07, 6.45) is 2.62. The van der Waals surface area contributed by atoms with Gasteiger partial charge in [0.1, 0.15) is 12.1 Å². The first-order chi connectivity index (χ1) is 15.1. The van der Waals surface area contributed by atoms with E-state index in [2.05, 4.69) is 9.97 Å². The second-order valence-corrected chi connectivity index (χ2v) is 7.26. The maximum atomic E-state index is 12.2. The van der Waals surface area contributed by atoms with Gasteiger partial charge in [-0.15, -0.1) is 0 Å². The van der Waals surface area contributed by atoms with E-state index >= 15 is 0 Å². The summed E-state index contributed by atoms with van der Waals surface area (Å²) in [5.41, 5.74) is -0.319. The van der Waals surface area contributed by atoms with Crippen molar-refractivity contribution in [1.29, 1.82) is 0 Å². The highest BCUT2D eigenvalue weighted by atomic mass is 16.6. The van der Waals surface area contributed by atoms with E-state index in [1.54, 1.807) is 24.0 Å². The average Bonchev–Trinajstić information content (AvgIpc) is 2.79. The Labute approximate surface area is 178 Å². The molecule has 160 valence electrons. The molecule has 0 aliphatic carbocycles. The van der Waals surface area contributed by atoms with Crippen molar-refractivity contribution >= 4 is 28.2 Å². The number of hydrogen-bond donors (Lipinski definition) is 0. The zero-order chi connectivity index (χ0) is 21.8. The molecule has 2 aromatic carbocycles. The molecule has 4 rings (SSSR count). The van der Waals surface area contributed by atoms with Crippen LogP contribution < -0.4 is 9.64 Å². The number of rotatable bonds is 6. The van der Waals surface area contributed by atoms with Gasteiger partial charge < -0.3 is 14.4 Å². The highest BCUT2D eigenvalue weighted by Crippen LogP contribution is 2.38. The van der Waals surface area contributed by atoms with Crippen molar-refractivity contribution in [2.45, 2.75) is 19.8 Å². The Bertz CT molecular complexity index is 1120. The Kier molecular flexibility index (Phi) is 5.92. The van der Waals surface area contributed by atoms with Crippen LogP contribution in [0, 0.1) is 16.0 Å². The first-order valence-electron chi connectivity index (χ1n) is 10.1. The Balaban J connectivity index is 1.64. The van der Waals surface area contributed by atoms with Gasteiger partial charge in [-0.25, -0.2) is 4.98 Å². The third-order valence-corrected chi connectivity index (χ3v) is 5.23. The van der Waals surface area contributed by atoms with Gasteiger partial charge in [0, 0.05) is 13.1 Å². The number of fused-ring (bicyclic) bond motifs is 1. The van der Waals surface area contributed by atoms with Crippen LogP contribution >= 0.6 is 0 Å². The Hall–Kier alpha value is -3.75. The first-order valence-corrected chi connectivity index (χ1v) is 10.1. The number of hydrogen-bond acceptors (Lipinski definition) is 8. The molecule has 0 spiro atoms. The Morgan fingerprint density at radius 1 is 1.23 bits per heavy atom. The van der Waals surface area contributed by atoms with Gasteiger partial charge >= 0.3 is 17.5 Å². The zero-order valence-electron chi connectivity index (χ0n) is 17.1. The minimum Gasteiger partial charge on any atom is -0.466 e. The topological polar surface area (TPSA) is 108 Å². The SMILES string of the molecule is CCOC(=O)C1CCCN(c2ncnc(Oc3ccc4ccccc4c3)c2[N+](=O)[O-])C1. The van der Waals surface area contributed by atoms with Crippen LogP contribution in [0.25, 0.3) is 10.8 Å². The highest BCUT2D eigenvalue weighted by molar-refractivity contribution is 5.84. The molecule has 2 heterocycles. The van der Waals surface area contributed by atoms with Crippen LogP contribution in [0.4, 0.5) is 11.5 Å². The van der Waals surface area contributed by atoms with Crippen molar-refractivity contribution in [2.24, 2.45) is 5.92 Å². The Morgan fingerprint density at radius 2 is 2.03 bits per heavy atom. The maximum Gasteiger partial charge on any atom is 0.373 e. The molecule has 1 saturated heterocycles. The molecular weight excluding hydrogens is 400 g/mol. The fourth-order valence-corrected chi connectivity index (χ4v) is 3.78. The van der Waals surface area contributed by atoms with Crippen molar-refractivity contribution in [2.75, 3.05) is 24.6 Å². The number of aromatic nitrogens is 2. The molecule has 1 fully saturated rings. The molecule has 1 atom stereocenters. The van der Waals surface area contributed by atoms with E-state index in [0.717, 1.165) is 10.8 Å². The summed E-state index contributed by atoms with van der Waals surface area (Å²) >= 11 is 0. The third kappa shape index (κ3) is 4.40. The number of carbonyl (C=O) groups excluding carboxylic acids is 1. The van der Waals surface area contributed by atoms with Gasteiger partial charge in [-0.05, 0) is 42.7 Å². The number of nitro groups is 1. The summed E-state index contributed by atoms with van der Waals surface area (Å²) in [5.74, 6) is -0.201. The van der Waals surface area contributed by atoms with Gasteiger partial charge in [-0.1, -0.05) is 30.3 Å². The lowest BCUT2D eigenvalue weighted by molar-refractivity contribution is -0.385. The van der Waals surface area contributed by atoms with Crippen LogP contribution in [0.1, 0.15) is 19.8 Å². The molecule has 1 unspecified atom stereocenters. The molecule has 0 amide bonds. The van der Waals surface area contributed by atoms with Crippen LogP contribution in [0.2, 0.25) is 0 Å². The van der Waals surface area contributed by atoms with Crippen LogP contribution in [-0.4, -0.2) is 40.6 Å². The largest absolute Gasteiger partial charge is 0.466 e. The number of carbonyl (C=O) groups is 1. The lowest BCUT2D eigenvalue weighted by Crippen LogP contribution is -2.40. The number of anilines is 1. The van der Waals surface area contributed by atoms with E-state index in [1.807, 2.05) is 30.3 Å². The van der Waals surface area contributed by atoms with Crippen LogP contribution in [0.3, 0.4) is 0 Å². The predicted octanol–water partition coefficient (Wildman–Crippen LogP) is 4.11. The molecule has 1 aliphatic rings. The number of benzene rings is 2. The number of ether oxygens (including phenoxy) is 2. The molecule has 0 N–H and O–H groups in total. The highest BCUT2D eigenvalue weighted by Gasteiger charge is 2.34. The molecule has 9 nitrogen and oxygen atoms in total. The summed E-state index contributed by atoms with van der Waals surface area (Å²) in [5, 5.41) is 13.9. The van der Waals surface area contributed by atoms with E-state index in [0.29, 0.717) is 38.3 Å². The summed E-state index contributed by atoms with van der Waals surface area (Å²) in [7, 11) is 0. The monoisotopic (exact) mass is 422 g/mol. The maximum absolute atomic E-state index is 12.2. The fraction of sp³-hybridized carbons (Fsp3) is 0.318. The predicted molar refractivity (Wildman–Crippen MR) is 114 cm³/mol. The standard InChI is InChI=1S/C22H22N4O5/c1-2-30-22(27)17-8-5-11-25(13-17)20-19(26(28)29)21(24-14-23-20)31-18-10-9-15-6-3-4-7-16(15)12-18/h3-4,6-7,9-10,12,14,17H,2,5,8,11,13H2,1H3. The van der Waals surface area contributed by atoms with Crippen molar-refractivity contribution in [3.63, 3.8) is 0 Å². The molecule has 0 saturated carbocycles. The van der Waals surface area contributed by atoms with Crippen molar-refractivity contribution < 1.29 is 19.2 Å². The average molecular weight is 422 g/mol. The molecule has 9 heteroatoms. The molecule has 1 aliphatic heterocycles. The molecule has 3 aromatic rings. The minimum absolute atomic E-state index is 0.136. The van der Waals surface area contributed by atoms with Crippen LogP contribution in [0.15, 0.2) is 48.8 Å². The number of piperidine rings is 1. The van der Waals surface area contributed by atoms with Gasteiger partial charge in [0.15, 0.2) is 0 Å². The van der Waals surface area contributed by atoms with E-state index in [-0.39, 0.29) is 29.3 Å². The van der Waals surface area contributed by atoms with E-state index < -0.39 is 4.92 Å². The van der Waals surface area contributed by atoms with E-state index in [9.17, 15) is 14.9 Å². The van der Waals surface area contributed by atoms with Crippen molar-refractivity contribution in [3.8, 4) is 11.6 Å². The zero-order valence-corrected chi connectivity index (χ0v) is 17.1. The van der Waals surface area contributed by atoms with Gasteiger partial charge in [-0.2, -0.15) is 4.98 Å². The minimum atomic E-state index is -0.542. The van der Waals surface area contributed by atoms with Crippen LogP contribution in [0.5, 0.6) is 11.6 Å². The number of nitrogens with zero attached hydrogens (tertiary/aromatic N) is 4. The first kappa shape index (κ1) is 20.5. The summed E-state index contributed by atoms with van der Waals surface area (Å²) in [6.45, 7) is 2.90. The molecule has 31 heavy (non-hydrogen) atoms. The summed E-state index contributed by atoms with van der Waals surface area (Å²) in [4.78, 5) is 33.5. The molecular formula is C22H22N4O5.